The lowest BCUT2D eigenvalue weighted by Crippen LogP contribution is -2.41. The minimum Gasteiger partial charge on any atom is -0.356 e. The van der Waals surface area contributed by atoms with Crippen LogP contribution in [0, 0.1) is 17.6 Å². The van der Waals surface area contributed by atoms with Gasteiger partial charge in [-0.05, 0) is 31.0 Å². The Kier molecular flexibility index (Phi) is 4.96. The Labute approximate surface area is 160 Å². The number of nitrogens with one attached hydrogen (secondary N) is 1. The number of nitrogens with zero attached hydrogens (tertiary/aromatic N) is 5. The van der Waals surface area contributed by atoms with Crippen molar-refractivity contribution in [1.29, 1.82) is 0 Å². The van der Waals surface area contributed by atoms with Gasteiger partial charge in [0.1, 0.15) is 23.8 Å². The fourth-order valence-electron chi connectivity index (χ4n) is 3.27. The van der Waals surface area contributed by atoms with E-state index >= 15 is 0 Å². The number of halogens is 2. The van der Waals surface area contributed by atoms with Crippen LogP contribution in [0.2, 0.25) is 0 Å². The quantitative estimate of drug-likeness (QED) is 0.749. The molecule has 144 valence electrons. The summed E-state index contributed by atoms with van der Waals surface area (Å²) in [5, 5.41) is 6.65. The van der Waals surface area contributed by atoms with Crippen molar-refractivity contribution in [3.05, 3.63) is 60.7 Å². The minimum absolute atomic E-state index is 0.148. The van der Waals surface area contributed by atoms with Gasteiger partial charge in [0, 0.05) is 37.6 Å². The minimum atomic E-state index is -0.665. The third-order valence-corrected chi connectivity index (χ3v) is 4.68. The predicted octanol–water partition coefficient (Wildman–Crippen LogP) is 2.80. The fraction of sp³-hybridized carbons (Fsp3) is 0.263. The molecule has 4 rings (SSSR count). The first-order chi connectivity index (χ1) is 13.6. The highest BCUT2D eigenvalue weighted by Gasteiger charge is 2.27. The van der Waals surface area contributed by atoms with E-state index in [0.717, 1.165) is 31.2 Å². The molecule has 1 amide bonds. The molecule has 0 aliphatic carbocycles. The van der Waals surface area contributed by atoms with Crippen LogP contribution in [0.4, 0.5) is 20.3 Å². The van der Waals surface area contributed by atoms with E-state index in [1.807, 2.05) is 4.90 Å². The van der Waals surface area contributed by atoms with Crippen molar-refractivity contribution in [1.82, 2.24) is 19.7 Å². The van der Waals surface area contributed by atoms with Crippen molar-refractivity contribution in [2.75, 3.05) is 23.3 Å². The maximum atomic E-state index is 13.8. The van der Waals surface area contributed by atoms with Gasteiger partial charge in [-0.2, -0.15) is 5.10 Å². The lowest BCUT2D eigenvalue weighted by molar-refractivity contribution is -0.120. The van der Waals surface area contributed by atoms with Crippen molar-refractivity contribution in [2.45, 2.75) is 12.8 Å². The van der Waals surface area contributed by atoms with Gasteiger partial charge in [0.15, 0.2) is 5.82 Å². The van der Waals surface area contributed by atoms with Crippen LogP contribution in [0.3, 0.4) is 0 Å². The molecule has 1 atom stereocenters. The first kappa shape index (κ1) is 18.0. The Morgan fingerprint density at radius 2 is 2.04 bits per heavy atom. The molecule has 1 aromatic carbocycles. The van der Waals surface area contributed by atoms with E-state index in [0.29, 0.717) is 24.6 Å². The third-order valence-electron chi connectivity index (χ3n) is 4.68. The van der Waals surface area contributed by atoms with Crippen LogP contribution in [0.15, 0.2) is 49.1 Å². The predicted molar refractivity (Wildman–Crippen MR) is 99.1 cm³/mol. The van der Waals surface area contributed by atoms with Gasteiger partial charge in [-0.25, -0.2) is 23.4 Å². The van der Waals surface area contributed by atoms with Crippen LogP contribution in [-0.2, 0) is 4.79 Å². The summed E-state index contributed by atoms with van der Waals surface area (Å²) >= 11 is 0. The highest BCUT2D eigenvalue weighted by molar-refractivity contribution is 5.93. The van der Waals surface area contributed by atoms with Crippen LogP contribution < -0.4 is 10.2 Å². The lowest BCUT2D eigenvalue weighted by Gasteiger charge is -2.32. The number of anilines is 2. The van der Waals surface area contributed by atoms with Crippen molar-refractivity contribution in [2.24, 2.45) is 5.92 Å². The molecule has 1 saturated heterocycles. The summed E-state index contributed by atoms with van der Waals surface area (Å²) in [6, 6.07) is 6.60. The number of carbonyl (C=O) groups excluding carboxylic acids is 1. The lowest BCUT2D eigenvalue weighted by atomic mass is 9.97. The van der Waals surface area contributed by atoms with Gasteiger partial charge in [-0.1, -0.05) is 0 Å². The second-order valence-corrected chi connectivity index (χ2v) is 6.58. The van der Waals surface area contributed by atoms with Gasteiger partial charge in [-0.15, -0.1) is 0 Å². The summed E-state index contributed by atoms with van der Waals surface area (Å²) in [7, 11) is 0. The molecular weight excluding hydrogens is 366 g/mol. The van der Waals surface area contributed by atoms with Gasteiger partial charge >= 0.3 is 0 Å². The van der Waals surface area contributed by atoms with Crippen molar-refractivity contribution >= 4 is 17.4 Å². The van der Waals surface area contributed by atoms with Crippen LogP contribution in [0.5, 0.6) is 0 Å². The molecule has 1 fully saturated rings. The highest BCUT2D eigenvalue weighted by atomic mass is 19.1. The van der Waals surface area contributed by atoms with Crippen molar-refractivity contribution in [3.8, 4) is 5.82 Å². The molecule has 1 unspecified atom stereocenters. The summed E-state index contributed by atoms with van der Waals surface area (Å²) in [6.07, 6.45) is 6.35. The highest BCUT2D eigenvalue weighted by Crippen LogP contribution is 2.24. The number of benzene rings is 1. The summed E-state index contributed by atoms with van der Waals surface area (Å²) in [5.41, 5.74) is -0.148. The molecule has 0 spiro atoms. The van der Waals surface area contributed by atoms with Crippen LogP contribution in [0.25, 0.3) is 5.82 Å². The van der Waals surface area contributed by atoms with Gasteiger partial charge in [0.05, 0.1) is 11.6 Å². The first-order valence-electron chi connectivity index (χ1n) is 8.93. The largest absolute Gasteiger partial charge is 0.356 e. The Bertz CT molecular complexity index is 978. The summed E-state index contributed by atoms with van der Waals surface area (Å²) in [4.78, 5) is 23.1. The second kappa shape index (κ2) is 7.71. The topological polar surface area (TPSA) is 75.9 Å². The summed E-state index contributed by atoms with van der Waals surface area (Å²) in [6.45, 7) is 1.17. The monoisotopic (exact) mass is 384 g/mol. The average molecular weight is 384 g/mol. The van der Waals surface area contributed by atoms with Crippen LogP contribution in [0.1, 0.15) is 12.8 Å². The smallest absolute Gasteiger partial charge is 0.229 e. The zero-order valence-electron chi connectivity index (χ0n) is 14.9. The van der Waals surface area contributed by atoms with Crippen molar-refractivity contribution < 1.29 is 13.6 Å². The van der Waals surface area contributed by atoms with Gasteiger partial charge in [-0.3, -0.25) is 4.79 Å². The number of hydrogen-bond donors (Lipinski definition) is 1. The number of carbonyl (C=O) groups is 1. The number of piperidine rings is 1. The Morgan fingerprint density at radius 3 is 2.86 bits per heavy atom. The van der Waals surface area contributed by atoms with Gasteiger partial charge in [0.2, 0.25) is 5.91 Å². The van der Waals surface area contributed by atoms with E-state index in [2.05, 4.69) is 20.4 Å². The number of aromatic nitrogens is 4. The Balaban J connectivity index is 1.48. The standard InChI is InChI=1S/C19H18F2N6O/c20-14-4-5-15(21)16(9-14)25-19(28)13-3-1-7-26(11-13)17-10-18(23-12-22-17)27-8-2-6-24-27/h2,4-6,8-10,12-13H,1,3,7,11H2,(H,25,28). The molecule has 0 bridgehead atoms. The molecule has 1 N–H and O–H groups in total. The molecule has 3 heterocycles. The van der Waals surface area contributed by atoms with E-state index in [1.54, 1.807) is 29.2 Å². The van der Waals surface area contributed by atoms with E-state index < -0.39 is 11.6 Å². The maximum Gasteiger partial charge on any atom is 0.229 e. The molecule has 3 aromatic rings. The molecule has 9 heteroatoms. The fourth-order valence-corrected chi connectivity index (χ4v) is 3.27. The summed E-state index contributed by atoms with van der Waals surface area (Å²) in [5.74, 6) is -0.648. The summed E-state index contributed by atoms with van der Waals surface area (Å²) < 4.78 is 28.8. The number of amides is 1. The Morgan fingerprint density at radius 1 is 1.18 bits per heavy atom. The zero-order valence-corrected chi connectivity index (χ0v) is 14.9. The van der Waals surface area contributed by atoms with E-state index in [9.17, 15) is 13.6 Å². The van der Waals surface area contributed by atoms with E-state index in [1.165, 1.54) is 6.33 Å². The molecule has 1 aliphatic rings. The van der Waals surface area contributed by atoms with Crippen LogP contribution >= 0.6 is 0 Å². The van der Waals surface area contributed by atoms with E-state index in [-0.39, 0.29) is 17.5 Å². The Hall–Kier alpha value is -3.36. The van der Waals surface area contributed by atoms with E-state index in [4.69, 9.17) is 0 Å². The van der Waals surface area contributed by atoms with Crippen LogP contribution in [-0.4, -0.2) is 38.7 Å². The molecule has 28 heavy (non-hydrogen) atoms. The zero-order chi connectivity index (χ0) is 19.5. The molecular formula is C19H18F2N6O. The molecule has 7 nitrogen and oxygen atoms in total. The second-order valence-electron chi connectivity index (χ2n) is 6.58. The normalized spacial score (nSPS) is 16.8. The SMILES string of the molecule is O=C(Nc1cc(F)ccc1F)C1CCCN(c2cc(-n3cccn3)ncn2)C1. The maximum absolute atomic E-state index is 13.8. The average Bonchev–Trinajstić information content (AvgIpc) is 3.26. The first-order valence-corrected chi connectivity index (χ1v) is 8.93. The van der Waals surface area contributed by atoms with Crippen molar-refractivity contribution in [3.63, 3.8) is 0 Å². The molecule has 0 saturated carbocycles. The molecule has 2 aromatic heterocycles. The molecule has 0 radical (unpaired) electrons. The molecule has 1 aliphatic heterocycles. The number of hydrogen-bond acceptors (Lipinski definition) is 5. The number of rotatable bonds is 4. The third kappa shape index (κ3) is 3.83. The van der Waals surface area contributed by atoms with Gasteiger partial charge in [0.25, 0.3) is 0 Å². The van der Waals surface area contributed by atoms with Gasteiger partial charge < -0.3 is 10.2 Å².